The van der Waals surface area contributed by atoms with Crippen LogP contribution in [0.1, 0.15) is 38.2 Å². The van der Waals surface area contributed by atoms with Crippen LogP contribution in [0.3, 0.4) is 0 Å². The number of anilines is 1. The average Bonchev–Trinajstić information content (AvgIpc) is 2.65. The van der Waals surface area contributed by atoms with Crippen LogP contribution < -0.4 is 5.73 Å². The molecular formula is C15H18BrN3O3. The summed E-state index contributed by atoms with van der Waals surface area (Å²) < 4.78 is 7.45. The molecule has 0 saturated carbocycles. The summed E-state index contributed by atoms with van der Waals surface area (Å²) in [6, 6.07) is 3.47. The summed E-state index contributed by atoms with van der Waals surface area (Å²) in [5.41, 5.74) is 6.71. The molecule has 118 valence electrons. The molecule has 0 bridgehead atoms. The van der Waals surface area contributed by atoms with Gasteiger partial charge in [0.1, 0.15) is 17.8 Å². The van der Waals surface area contributed by atoms with Crippen LogP contribution in [0.15, 0.2) is 16.6 Å². The molecule has 0 unspecified atom stereocenters. The number of nitrogens with zero attached hydrogens (tertiary/aromatic N) is 2. The van der Waals surface area contributed by atoms with Gasteiger partial charge in [-0.25, -0.2) is 0 Å². The van der Waals surface area contributed by atoms with Gasteiger partial charge in [0.2, 0.25) is 0 Å². The Balaban J connectivity index is 2.51. The van der Waals surface area contributed by atoms with Gasteiger partial charge in [-0.3, -0.25) is 14.3 Å². The van der Waals surface area contributed by atoms with Crippen molar-refractivity contribution in [3.05, 3.63) is 22.3 Å². The molecule has 0 aliphatic carbocycles. The van der Waals surface area contributed by atoms with Crippen molar-refractivity contribution >= 4 is 44.3 Å². The van der Waals surface area contributed by atoms with Crippen molar-refractivity contribution in [3.8, 4) is 0 Å². The first-order valence-electron chi connectivity index (χ1n) is 6.77. The van der Waals surface area contributed by atoms with Crippen molar-refractivity contribution in [2.24, 2.45) is 0 Å². The first-order valence-corrected chi connectivity index (χ1v) is 7.56. The normalized spacial score (nSPS) is 11.7. The Labute approximate surface area is 136 Å². The number of hydrogen-bond acceptors (Lipinski definition) is 5. The highest BCUT2D eigenvalue weighted by Crippen LogP contribution is 2.29. The maximum absolute atomic E-state index is 12.0. The molecule has 0 saturated heterocycles. The molecular weight excluding hydrogens is 350 g/mol. The molecule has 0 aliphatic heterocycles. The van der Waals surface area contributed by atoms with Crippen molar-refractivity contribution in [2.75, 3.05) is 5.73 Å². The number of aromatic nitrogens is 2. The zero-order chi connectivity index (χ0) is 16.7. The zero-order valence-electron chi connectivity index (χ0n) is 12.9. The predicted molar refractivity (Wildman–Crippen MR) is 87.7 cm³/mol. The fourth-order valence-corrected chi connectivity index (χ4v) is 2.66. The molecule has 0 radical (unpaired) electrons. The molecule has 2 aromatic rings. The Morgan fingerprint density at radius 3 is 2.55 bits per heavy atom. The number of Topliss-reactive ketones (excluding diaryl/α,β-unsaturated/α-hetero) is 1. The van der Waals surface area contributed by atoms with Crippen molar-refractivity contribution in [3.63, 3.8) is 0 Å². The third kappa shape index (κ3) is 3.47. The minimum Gasteiger partial charge on any atom is -0.459 e. The van der Waals surface area contributed by atoms with Gasteiger partial charge in [0.25, 0.3) is 0 Å². The van der Waals surface area contributed by atoms with E-state index in [9.17, 15) is 9.59 Å². The van der Waals surface area contributed by atoms with Crippen molar-refractivity contribution < 1.29 is 14.3 Å². The lowest BCUT2D eigenvalue weighted by atomic mass is 10.1. The van der Waals surface area contributed by atoms with Gasteiger partial charge in [0, 0.05) is 16.8 Å². The lowest BCUT2D eigenvalue weighted by molar-refractivity contribution is -0.155. The predicted octanol–water partition coefficient (Wildman–Crippen LogP) is 2.93. The van der Waals surface area contributed by atoms with Gasteiger partial charge in [0.15, 0.2) is 5.78 Å². The number of carbonyl (C=O) groups excluding carboxylic acids is 2. The molecule has 1 aromatic heterocycles. The van der Waals surface area contributed by atoms with E-state index in [4.69, 9.17) is 10.5 Å². The number of ether oxygens (including phenoxy) is 1. The second-order valence-corrected chi connectivity index (χ2v) is 6.96. The lowest BCUT2D eigenvalue weighted by Crippen LogP contribution is -2.27. The highest BCUT2D eigenvalue weighted by atomic mass is 79.9. The van der Waals surface area contributed by atoms with Gasteiger partial charge >= 0.3 is 5.97 Å². The molecule has 2 rings (SSSR count). The van der Waals surface area contributed by atoms with Gasteiger partial charge < -0.3 is 10.5 Å². The van der Waals surface area contributed by atoms with Crippen LogP contribution >= 0.6 is 15.9 Å². The third-order valence-corrected chi connectivity index (χ3v) is 3.33. The van der Waals surface area contributed by atoms with Crippen LogP contribution in [0.2, 0.25) is 0 Å². The van der Waals surface area contributed by atoms with Gasteiger partial charge in [-0.2, -0.15) is 5.10 Å². The summed E-state index contributed by atoms with van der Waals surface area (Å²) >= 11 is 3.35. The quantitative estimate of drug-likeness (QED) is 0.511. The third-order valence-electron chi connectivity index (χ3n) is 2.87. The number of ketones is 1. The van der Waals surface area contributed by atoms with Crippen molar-refractivity contribution in [1.82, 2.24) is 9.78 Å². The van der Waals surface area contributed by atoms with Gasteiger partial charge in [-0.1, -0.05) is 15.9 Å². The first-order chi connectivity index (χ1) is 10.1. The molecule has 0 amide bonds. The van der Waals surface area contributed by atoms with E-state index in [0.717, 1.165) is 4.47 Å². The number of nitrogens with two attached hydrogens (primary N) is 1. The summed E-state index contributed by atoms with van der Waals surface area (Å²) in [6.45, 7) is 6.69. The van der Waals surface area contributed by atoms with Gasteiger partial charge in [0.05, 0.1) is 11.2 Å². The van der Waals surface area contributed by atoms with Crippen LogP contribution in [0, 0.1) is 0 Å². The smallest absolute Gasteiger partial charge is 0.328 e. The van der Waals surface area contributed by atoms with Crippen LogP contribution in [0.25, 0.3) is 10.9 Å². The monoisotopic (exact) mass is 367 g/mol. The maximum Gasteiger partial charge on any atom is 0.328 e. The minimum atomic E-state index is -0.585. The van der Waals surface area contributed by atoms with E-state index in [2.05, 4.69) is 21.0 Å². The number of esters is 1. The molecule has 0 aliphatic rings. The number of rotatable bonds is 3. The van der Waals surface area contributed by atoms with Crippen molar-refractivity contribution in [1.29, 1.82) is 0 Å². The number of hydrogen-bond donors (Lipinski definition) is 1. The fourth-order valence-electron chi connectivity index (χ4n) is 2.18. The van der Waals surface area contributed by atoms with E-state index in [0.29, 0.717) is 16.6 Å². The number of nitrogen functional groups attached to an aromatic ring is 1. The second-order valence-electron chi connectivity index (χ2n) is 6.04. The van der Waals surface area contributed by atoms with Crippen LogP contribution in [-0.4, -0.2) is 27.1 Å². The molecule has 1 heterocycles. The fraction of sp³-hybridized carbons (Fsp3) is 0.400. The van der Waals surface area contributed by atoms with Crippen LogP contribution in [0.4, 0.5) is 5.69 Å². The average molecular weight is 368 g/mol. The molecule has 7 heteroatoms. The topological polar surface area (TPSA) is 87.2 Å². The molecule has 1 aromatic carbocycles. The number of fused-ring (bicyclic) bond motifs is 1. The number of halogens is 1. The summed E-state index contributed by atoms with van der Waals surface area (Å²) in [7, 11) is 0. The number of benzene rings is 1. The molecule has 0 atom stereocenters. The molecule has 0 fully saturated rings. The Bertz CT molecular complexity index is 759. The van der Waals surface area contributed by atoms with Crippen molar-refractivity contribution in [2.45, 2.75) is 39.8 Å². The first kappa shape index (κ1) is 16.5. The SMILES string of the molecule is CC(=O)c1nn(CC(=O)OC(C)(C)C)c2c(N)cc(Br)cc12. The Morgan fingerprint density at radius 2 is 2.00 bits per heavy atom. The molecule has 0 spiro atoms. The number of carbonyl (C=O) groups is 2. The van der Waals surface area contributed by atoms with E-state index in [1.165, 1.54) is 11.6 Å². The highest BCUT2D eigenvalue weighted by Gasteiger charge is 2.21. The summed E-state index contributed by atoms with van der Waals surface area (Å²) in [4.78, 5) is 23.8. The maximum atomic E-state index is 12.0. The molecule has 22 heavy (non-hydrogen) atoms. The van der Waals surface area contributed by atoms with E-state index >= 15 is 0 Å². The lowest BCUT2D eigenvalue weighted by Gasteiger charge is -2.19. The van der Waals surface area contributed by atoms with Gasteiger partial charge in [-0.15, -0.1) is 0 Å². The molecule has 6 nitrogen and oxygen atoms in total. The van der Waals surface area contributed by atoms with E-state index in [-0.39, 0.29) is 18.0 Å². The van der Waals surface area contributed by atoms with E-state index in [1.54, 1.807) is 32.9 Å². The van der Waals surface area contributed by atoms with Crippen LogP contribution in [-0.2, 0) is 16.1 Å². The highest BCUT2D eigenvalue weighted by molar-refractivity contribution is 9.10. The second kappa shape index (κ2) is 5.72. The summed E-state index contributed by atoms with van der Waals surface area (Å²) in [6.07, 6.45) is 0. The summed E-state index contributed by atoms with van der Waals surface area (Å²) in [5.74, 6) is -0.625. The largest absolute Gasteiger partial charge is 0.459 e. The Hall–Kier alpha value is -1.89. The van der Waals surface area contributed by atoms with E-state index < -0.39 is 11.6 Å². The Morgan fingerprint density at radius 1 is 1.36 bits per heavy atom. The van der Waals surface area contributed by atoms with Gasteiger partial charge in [-0.05, 0) is 32.9 Å². The van der Waals surface area contributed by atoms with Crippen LogP contribution in [0.5, 0.6) is 0 Å². The minimum absolute atomic E-state index is 0.104. The standard InChI is InChI=1S/C15H18BrN3O3/c1-8(20)13-10-5-9(16)6-11(17)14(10)19(18-13)7-12(21)22-15(2,3)4/h5-6H,7,17H2,1-4H3. The van der Waals surface area contributed by atoms with E-state index in [1.807, 2.05) is 0 Å². The zero-order valence-corrected chi connectivity index (χ0v) is 14.5. The Kier molecular flexibility index (Phi) is 4.28. The molecule has 2 N–H and O–H groups in total. The summed E-state index contributed by atoms with van der Waals surface area (Å²) in [5, 5.41) is 4.84.